The van der Waals surface area contributed by atoms with Gasteiger partial charge in [0.25, 0.3) is 0 Å². The molecule has 0 amide bonds. The third-order valence-corrected chi connectivity index (χ3v) is 3.22. The molecule has 2 N–H and O–H groups in total. The summed E-state index contributed by atoms with van der Waals surface area (Å²) in [4.78, 5) is 8.41. The molecule has 0 aromatic carbocycles. The van der Waals surface area contributed by atoms with E-state index >= 15 is 0 Å². The van der Waals surface area contributed by atoms with E-state index in [9.17, 15) is 0 Å². The second kappa shape index (κ2) is 10.6. The zero-order valence-electron chi connectivity index (χ0n) is 12.4. The van der Waals surface area contributed by atoms with E-state index in [2.05, 4.69) is 27.5 Å². The maximum Gasteiger partial charge on any atom is 0.224 e. The number of rotatable bonds is 11. The van der Waals surface area contributed by atoms with Gasteiger partial charge in [0, 0.05) is 19.8 Å². The number of anilines is 2. The standard InChI is InChI=1S/C15H28N4/c1-3-4-5-6-7-8-9-10-12-17-14-11-13-18-15(16-2)19-14/h11,13H,3-10,12H2,1-2H3,(H2,16,17,18,19). The lowest BCUT2D eigenvalue weighted by Gasteiger charge is -2.06. The third kappa shape index (κ3) is 7.65. The highest BCUT2D eigenvalue weighted by Crippen LogP contribution is 2.09. The van der Waals surface area contributed by atoms with E-state index in [1.54, 1.807) is 6.20 Å². The summed E-state index contributed by atoms with van der Waals surface area (Å²) in [6.45, 7) is 3.26. The number of nitrogens with one attached hydrogen (secondary N) is 2. The maximum atomic E-state index is 4.33. The highest BCUT2D eigenvalue weighted by molar-refractivity contribution is 5.38. The van der Waals surface area contributed by atoms with Crippen LogP contribution in [0.2, 0.25) is 0 Å². The molecule has 0 radical (unpaired) electrons. The molecule has 0 aliphatic rings. The summed E-state index contributed by atoms with van der Waals surface area (Å²) < 4.78 is 0. The Hall–Kier alpha value is -1.32. The molecule has 1 aromatic heterocycles. The van der Waals surface area contributed by atoms with Crippen LogP contribution in [0.5, 0.6) is 0 Å². The van der Waals surface area contributed by atoms with Gasteiger partial charge in [-0.25, -0.2) is 4.98 Å². The average molecular weight is 264 g/mol. The minimum Gasteiger partial charge on any atom is -0.370 e. The minimum atomic E-state index is 0.668. The van der Waals surface area contributed by atoms with Gasteiger partial charge in [0.15, 0.2) is 0 Å². The van der Waals surface area contributed by atoms with Gasteiger partial charge in [-0.3, -0.25) is 0 Å². The molecular weight excluding hydrogens is 236 g/mol. The minimum absolute atomic E-state index is 0.668. The van der Waals surface area contributed by atoms with Gasteiger partial charge in [-0.2, -0.15) is 4.98 Å². The van der Waals surface area contributed by atoms with Crippen LogP contribution < -0.4 is 10.6 Å². The molecule has 0 saturated carbocycles. The molecule has 0 aliphatic heterocycles. The van der Waals surface area contributed by atoms with Crippen molar-refractivity contribution in [1.29, 1.82) is 0 Å². The molecule has 1 aromatic rings. The molecule has 0 spiro atoms. The molecule has 0 bridgehead atoms. The molecule has 4 heteroatoms. The fourth-order valence-corrected chi connectivity index (χ4v) is 2.05. The van der Waals surface area contributed by atoms with Crippen LogP contribution in [-0.4, -0.2) is 23.6 Å². The summed E-state index contributed by atoms with van der Waals surface area (Å²) in [5.74, 6) is 1.57. The molecule has 0 atom stereocenters. The monoisotopic (exact) mass is 264 g/mol. The first kappa shape index (κ1) is 15.7. The molecule has 0 fully saturated rings. The highest BCUT2D eigenvalue weighted by Gasteiger charge is 1.96. The van der Waals surface area contributed by atoms with Crippen molar-refractivity contribution in [3.05, 3.63) is 12.3 Å². The molecular formula is C15H28N4. The zero-order chi connectivity index (χ0) is 13.8. The third-order valence-electron chi connectivity index (χ3n) is 3.22. The predicted octanol–water partition coefficient (Wildman–Crippen LogP) is 4.07. The fraction of sp³-hybridized carbons (Fsp3) is 0.733. The molecule has 1 rings (SSSR count). The maximum absolute atomic E-state index is 4.33. The molecule has 0 aliphatic carbocycles. The normalized spacial score (nSPS) is 10.4. The lowest BCUT2D eigenvalue weighted by Crippen LogP contribution is -2.05. The second-order valence-corrected chi connectivity index (χ2v) is 4.92. The van der Waals surface area contributed by atoms with Gasteiger partial charge >= 0.3 is 0 Å². The van der Waals surface area contributed by atoms with E-state index in [0.717, 1.165) is 12.4 Å². The predicted molar refractivity (Wildman–Crippen MR) is 82.7 cm³/mol. The topological polar surface area (TPSA) is 49.8 Å². The summed E-state index contributed by atoms with van der Waals surface area (Å²) in [5.41, 5.74) is 0. The molecule has 0 saturated heterocycles. The largest absolute Gasteiger partial charge is 0.370 e. The van der Waals surface area contributed by atoms with Crippen molar-refractivity contribution in [2.45, 2.75) is 58.3 Å². The van der Waals surface area contributed by atoms with E-state index < -0.39 is 0 Å². The van der Waals surface area contributed by atoms with Crippen LogP contribution in [0.4, 0.5) is 11.8 Å². The van der Waals surface area contributed by atoms with Gasteiger partial charge in [-0.1, -0.05) is 51.9 Å². The SMILES string of the molecule is CCCCCCCCCCNc1ccnc(NC)n1. The fourth-order valence-electron chi connectivity index (χ4n) is 2.05. The summed E-state index contributed by atoms with van der Waals surface area (Å²) in [7, 11) is 1.83. The van der Waals surface area contributed by atoms with Gasteiger partial charge in [0.2, 0.25) is 5.95 Å². The summed E-state index contributed by atoms with van der Waals surface area (Å²) in [6, 6.07) is 1.91. The van der Waals surface area contributed by atoms with Crippen molar-refractivity contribution in [3.8, 4) is 0 Å². The second-order valence-electron chi connectivity index (χ2n) is 4.92. The lowest BCUT2D eigenvalue weighted by molar-refractivity contribution is 0.581. The average Bonchev–Trinajstić information content (AvgIpc) is 2.46. The van der Waals surface area contributed by atoms with Crippen LogP contribution >= 0.6 is 0 Å². The quantitative estimate of drug-likeness (QED) is 0.591. The Morgan fingerprint density at radius 2 is 1.68 bits per heavy atom. The van der Waals surface area contributed by atoms with E-state index in [1.165, 1.54) is 51.4 Å². The van der Waals surface area contributed by atoms with Gasteiger partial charge in [-0.05, 0) is 12.5 Å². The first-order valence-corrected chi connectivity index (χ1v) is 7.61. The van der Waals surface area contributed by atoms with Crippen molar-refractivity contribution >= 4 is 11.8 Å². The van der Waals surface area contributed by atoms with Crippen molar-refractivity contribution in [3.63, 3.8) is 0 Å². The Morgan fingerprint density at radius 1 is 1.00 bits per heavy atom. The van der Waals surface area contributed by atoms with Crippen LogP contribution in [0.1, 0.15) is 58.3 Å². The van der Waals surface area contributed by atoms with E-state index in [1.807, 2.05) is 13.1 Å². The molecule has 4 nitrogen and oxygen atoms in total. The van der Waals surface area contributed by atoms with Gasteiger partial charge in [0.1, 0.15) is 5.82 Å². The van der Waals surface area contributed by atoms with Crippen LogP contribution in [-0.2, 0) is 0 Å². The van der Waals surface area contributed by atoms with Crippen LogP contribution in [0, 0.1) is 0 Å². The Morgan fingerprint density at radius 3 is 2.37 bits per heavy atom. The Bertz CT molecular complexity index is 328. The van der Waals surface area contributed by atoms with Gasteiger partial charge in [-0.15, -0.1) is 0 Å². The molecule has 1 heterocycles. The number of unbranched alkanes of at least 4 members (excludes halogenated alkanes) is 7. The van der Waals surface area contributed by atoms with Crippen molar-refractivity contribution in [1.82, 2.24) is 9.97 Å². The molecule has 0 unspecified atom stereocenters. The van der Waals surface area contributed by atoms with Crippen molar-refractivity contribution in [2.24, 2.45) is 0 Å². The zero-order valence-corrected chi connectivity index (χ0v) is 12.4. The van der Waals surface area contributed by atoms with Crippen LogP contribution in [0.3, 0.4) is 0 Å². The van der Waals surface area contributed by atoms with E-state index in [0.29, 0.717) is 5.95 Å². The van der Waals surface area contributed by atoms with Gasteiger partial charge in [0.05, 0.1) is 0 Å². The van der Waals surface area contributed by atoms with E-state index in [-0.39, 0.29) is 0 Å². The van der Waals surface area contributed by atoms with E-state index in [4.69, 9.17) is 0 Å². The first-order chi connectivity index (χ1) is 9.36. The molecule has 108 valence electrons. The van der Waals surface area contributed by atoms with Crippen LogP contribution in [0.25, 0.3) is 0 Å². The number of hydrogen-bond donors (Lipinski definition) is 2. The first-order valence-electron chi connectivity index (χ1n) is 7.61. The number of hydrogen-bond acceptors (Lipinski definition) is 4. The summed E-state index contributed by atoms with van der Waals surface area (Å²) in [6.07, 6.45) is 12.6. The lowest BCUT2D eigenvalue weighted by atomic mass is 10.1. The summed E-state index contributed by atoms with van der Waals surface area (Å²) >= 11 is 0. The highest BCUT2D eigenvalue weighted by atomic mass is 15.1. The Labute approximate surface area is 117 Å². The van der Waals surface area contributed by atoms with Crippen molar-refractivity contribution < 1.29 is 0 Å². The van der Waals surface area contributed by atoms with Crippen LogP contribution in [0.15, 0.2) is 12.3 Å². The summed E-state index contributed by atoms with van der Waals surface area (Å²) in [5, 5.41) is 6.28. The van der Waals surface area contributed by atoms with Crippen molar-refractivity contribution in [2.75, 3.05) is 24.2 Å². The number of nitrogens with zero attached hydrogens (tertiary/aromatic N) is 2. The van der Waals surface area contributed by atoms with Gasteiger partial charge < -0.3 is 10.6 Å². The Kier molecular flexibility index (Phi) is 8.77. The molecule has 19 heavy (non-hydrogen) atoms. The number of aromatic nitrogens is 2. The Balaban J connectivity index is 1.98. The smallest absolute Gasteiger partial charge is 0.224 e.